The van der Waals surface area contributed by atoms with Crippen LogP contribution in [0.5, 0.6) is 5.75 Å². The van der Waals surface area contributed by atoms with Gasteiger partial charge in [-0.05, 0) is 86.3 Å². The van der Waals surface area contributed by atoms with Crippen LogP contribution in [0.1, 0.15) is 84.6 Å². The predicted molar refractivity (Wildman–Crippen MR) is 145 cm³/mol. The second kappa shape index (κ2) is 10.9. The zero-order chi connectivity index (χ0) is 26.8. The molecule has 1 heterocycles. The summed E-state index contributed by atoms with van der Waals surface area (Å²) >= 11 is 0. The summed E-state index contributed by atoms with van der Waals surface area (Å²) in [5, 5.41) is 18.2. The highest BCUT2D eigenvalue weighted by Gasteiger charge is 2.61. The first kappa shape index (κ1) is 27.9. The third-order valence-electron chi connectivity index (χ3n) is 9.68. The van der Waals surface area contributed by atoms with Crippen molar-refractivity contribution >= 4 is 11.8 Å². The van der Waals surface area contributed by atoms with Gasteiger partial charge in [0, 0.05) is 45.1 Å². The molecule has 0 bridgehead atoms. The van der Waals surface area contributed by atoms with Gasteiger partial charge in [0.1, 0.15) is 5.75 Å². The number of hydrogen-bond acceptors (Lipinski definition) is 5. The topological polar surface area (TPSA) is 90.9 Å². The van der Waals surface area contributed by atoms with Crippen LogP contribution < -0.4 is 15.4 Å². The Bertz CT molecular complexity index is 952. The zero-order valence-electron chi connectivity index (χ0n) is 23.4. The number of ether oxygens (including phenoxy) is 1. The van der Waals surface area contributed by atoms with Crippen LogP contribution in [0, 0.1) is 16.7 Å². The summed E-state index contributed by atoms with van der Waals surface area (Å²) in [6.07, 6.45) is 6.80. The lowest BCUT2D eigenvalue weighted by Gasteiger charge is -2.51. The molecule has 37 heavy (non-hydrogen) atoms. The first-order chi connectivity index (χ1) is 17.4. The highest BCUT2D eigenvalue weighted by Crippen LogP contribution is 2.64. The second-order valence-corrected chi connectivity index (χ2v) is 12.8. The first-order valence-electron chi connectivity index (χ1n) is 14.1. The average Bonchev–Trinajstić information content (AvgIpc) is 3.07. The molecule has 3 aliphatic rings. The van der Waals surface area contributed by atoms with Gasteiger partial charge in [0.2, 0.25) is 11.8 Å². The molecular formula is C30H47N3O4. The molecule has 2 amide bonds. The van der Waals surface area contributed by atoms with Crippen LogP contribution in [0.4, 0.5) is 0 Å². The molecule has 1 aromatic carbocycles. The van der Waals surface area contributed by atoms with Crippen molar-refractivity contribution in [3.05, 3.63) is 29.8 Å². The number of methoxy groups -OCH3 is 1. The van der Waals surface area contributed by atoms with E-state index in [4.69, 9.17) is 4.74 Å². The van der Waals surface area contributed by atoms with Gasteiger partial charge in [0.05, 0.1) is 12.7 Å². The van der Waals surface area contributed by atoms with Crippen LogP contribution in [0.25, 0.3) is 0 Å². The Balaban J connectivity index is 1.44. The van der Waals surface area contributed by atoms with Crippen LogP contribution >= 0.6 is 0 Å². The van der Waals surface area contributed by atoms with E-state index >= 15 is 0 Å². The first-order valence-corrected chi connectivity index (χ1v) is 14.1. The van der Waals surface area contributed by atoms with Crippen LogP contribution in [-0.2, 0) is 16.1 Å². The molecule has 7 heteroatoms. The average molecular weight is 514 g/mol. The van der Waals surface area contributed by atoms with Gasteiger partial charge in [-0.2, -0.15) is 0 Å². The van der Waals surface area contributed by atoms with Gasteiger partial charge in [-0.3, -0.25) is 9.59 Å². The van der Waals surface area contributed by atoms with Crippen molar-refractivity contribution < 1.29 is 19.4 Å². The van der Waals surface area contributed by atoms with Gasteiger partial charge in [-0.15, -0.1) is 0 Å². The molecular weight excluding hydrogens is 466 g/mol. The van der Waals surface area contributed by atoms with E-state index in [1.54, 1.807) is 14.0 Å². The molecule has 206 valence electrons. The number of fused-ring (bicyclic) bond motifs is 1. The Hall–Kier alpha value is -2.12. The van der Waals surface area contributed by atoms with Crippen molar-refractivity contribution in [3.8, 4) is 5.75 Å². The fourth-order valence-electron chi connectivity index (χ4n) is 7.49. The van der Waals surface area contributed by atoms with E-state index in [-0.39, 0.29) is 22.6 Å². The fraction of sp³-hybridized carbons (Fsp3) is 0.733. The Morgan fingerprint density at radius 3 is 2.38 bits per heavy atom. The van der Waals surface area contributed by atoms with E-state index < -0.39 is 5.60 Å². The van der Waals surface area contributed by atoms with Crippen molar-refractivity contribution in [3.63, 3.8) is 0 Å². The molecule has 1 saturated heterocycles. The van der Waals surface area contributed by atoms with Crippen molar-refractivity contribution in [1.82, 2.24) is 15.5 Å². The molecule has 0 spiro atoms. The number of nitrogens with zero attached hydrogens (tertiary/aromatic N) is 1. The Labute approximate surface area is 222 Å². The van der Waals surface area contributed by atoms with Crippen LogP contribution in [0.15, 0.2) is 24.3 Å². The Morgan fingerprint density at radius 1 is 1.08 bits per heavy atom. The predicted octanol–water partition coefficient (Wildman–Crippen LogP) is 4.03. The van der Waals surface area contributed by atoms with Crippen LogP contribution in [-0.4, -0.2) is 59.7 Å². The number of aliphatic hydroxyl groups is 1. The lowest BCUT2D eigenvalue weighted by molar-refractivity contribution is -0.130. The van der Waals surface area contributed by atoms with E-state index in [0.29, 0.717) is 31.0 Å². The number of carbonyl (C=O) groups excluding carboxylic acids is 2. The summed E-state index contributed by atoms with van der Waals surface area (Å²) in [7, 11) is 1.65. The third kappa shape index (κ3) is 6.31. The summed E-state index contributed by atoms with van der Waals surface area (Å²) in [6.45, 7) is 10.4. The van der Waals surface area contributed by atoms with Gasteiger partial charge in [-0.1, -0.05) is 26.0 Å². The molecule has 0 aromatic heterocycles. The molecule has 1 aromatic rings. The highest BCUT2D eigenvalue weighted by atomic mass is 16.5. The van der Waals surface area contributed by atoms with Crippen molar-refractivity contribution in [1.29, 1.82) is 0 Å². The number of benzene rings is 1. The van der Waals surface area contributed by atoms with Gasteiger partial charge >= 0.3 is 0 Å². The summed E-state index contributed by atoms with van der Waals surface area (Å²) in [5.41, 5.74) is 0.476. The maximum atomic E-state index is 13.0. The van der Waals surface area contributed by atoms with Gasteiger partial charge in [0.15, 0.2) is 0 Å². The van der Waals surface area contributed by atoms with Gasteiger partial charge < -0.3 is 25.4 Å². The fourth-order valence-corrected chi connectivity index (χ4v) is 7.49. The van der Waals surface area contributed by atoms with Crippen molar-refractivity contribution in [2.45, 2.75) is 103 Å². The maximum absolute atomic E-state index is 13.0. The van der Waals surface area contributed by atoms with Crippen LogP contribution in [0.3, 0.4) is 0 Å². The molecule has 4 unspecified atom stereocenters. The Kier molecular flexibility index (Phi) is 8.25. The molecule has 2 aliphatic carbocycles. The molecule has 1 aliphatic heterocycles. The standard InChI is InChI=1S/C30H47N3O4/c1-21(34)33-16-11-23(12-17-33)32-26-19-28(2,3)25-18-29(4,36)14-15-30(25,26)13-10-27(35)31-20-22-6-8-24(37-5)9-7-22/h6-9,23,25-26,32,36H,10-20H2,1-5H3,(H,31,35). The molecule has 4 atom stereocenters. The third-order valence-corrected chi connectivity index (χ3v) is 9.68. The largest absolute Gasteiger partial charge is 0.497 e. The van der Waals surface area contributed by atoms with Crippen molar-refractivity contribution in [2.24, 2.45) is 16.7 Å². The monoisotopic (exact) mass is 513 g/mol. The molecule has 2 saturated carbocycles. The van der Waals surface area contributed by atoms with Crippen molar-refractivity contribution in [2.75, 3.05) is 20.2 Å². The second-order valence-electron chi connectivity index (χ2n) is 12.8. The summed E-state index contributed by atoms with van der Waals surface area (Å²) in [4.78, 5) is 26.7. The smallest absolute Gasteiger partial charge is 0.220 e. The van der Waals surface area contributed by atoms with E-state index in [2.05, 4.69) is 24.5 Å². The lowest BCUT2D eigenvalue weighted by Crippen LogP contribution is -2.55. The van der Waals surface area contributed by atoms with E-state index in [9.17, 15) is 14.7 Å². The number of hydrogen-bond donors (Lipinski definition) is 3. The summed E-state index contributed by atoms with van der Waals surface area (Å²) in [6, 6.07) is 8.49. The minimum Gasteiger partial charge on any atom is -0.497 e. The number of piperidine rings is 1. The summed E-state index contributed by atoms with van der Waals surface area (Å²) < 4.78 is 5.22. The quantitative estimate of drug-likeness (QED) is 0.488. The van der Waals surface area contributed by atoms with E-state index in [1.165, 1.54) is 0 Å². The molecule has 7 nitrogen and oxygen atoms in total. The number of likely N-dealkylation sites (tertiary alicyclic amines) is 1. The number of rotatable bonds is 8. The molecule has 3 N–H and O–H groups in total. The highest BCUT2D eigenvalue weighted by molar-refractivity contribution is 5.76. The molecule has 4 rings (SSSR count). The van der Waals surface area contributed by atoms with Gasteiger partial charge in [0.25, 0.3) is 0 Å². The van der Waals surface area contributed by atoms with Crippen LogP contribution in [0.2, 0.25) is 0 Å². The lowest BCUT2D eigenvalue weighted by atomic mass is 9.57. The van der Waals surface area contributed by atoms with E-state index in [1.807, 2.05) is 36.1 Å². The Morgan fingerprint density at radius 2 is 1.76 bits per heavy atom. The maximum Gasteiger partial charge on any atom is 0.220 e. The normalized spacial score (nSPS) is 31.6. The van der Waals surface area contributed by atoms with E-state index in [0.717, 1.165) is 69.3 Å². The molecule has 3 fully saturated rings. The zero-order valence-corrected chi connectivity index (χ0v) is 23.4. The SMILES string of the molecule is COc1ccc(CNC(=O)CCC23CCC(C)(O)CC2C(C)(C)CC3NC2CCN(C(C)=O)CC2)cc1. The summed E-state index contributed by atoms with van der Waals surface area (Å²) in [5.74, 6) is 1.40. The molecule has 0 radical (unpaired) electrons. The number of carbonyl (C=O) groups is 2. The minimum absolute atomic E-state index is 0.0130. The number of nitrogens with one attached hydrogen (secondary N) is 2. The minimum atomic E-state index is -0.649. The van der Waals surface area contributed by atoms with Gasteiger partial charge in [-0.25, -0.2) is 0 Å². The number of amides is 2.